The predicted octanol–water partition coefficient (Wildman–Crippen LogP) is 5.57. The molecule has 0 bridgehead atoms. The van der Waals surface area contributed by atoms with Gasteiger partial charge in [0.25, 0.3) is 5.91 Å². The van der Waals surface area contributed by atoms with Crippen molar-refractivity contribution in [1.82, 2.24) is 10.4 Å². The van der Waals surface area contributed by atoms with Crippen LogP contribution in [0.5, 0.6) is 0 Å². The summed E-state index contributed by atoms with van der Waals surface area (Å²) in [6.07, 6.45) is -0.148. The highest BCUT2D eigenvalue weighted by molar-refractivity contribution is 6.09. The second-order valence-corrected chi connectivity index (χ2v) is 8.96. The average Bonchev–Trinajstić information content (AvgIpc) is 3.16. The molecule has 0 fully saturated rings. The van der Waals surface area contributed by atoms with Crippen molar-refractivity contribution in [3.8, 4) is 0 Å². The van der Waals surface area contributed by atoms with Crippen LogP contribution in [-0.2, 0) is 32.8 Å². The molecule has 198 valence electrons. The summed E-state index contributed by atoms with van der Waals surface area (Å²) in [7, 11) is 0. The van der Waals surface area contributed by atoms with Gasteiger partial charge in [0, 0.05) is 5.56 Å². The van der Waals surface area contributed by atoms with Crippen molar-refractivity contribution in [2.45, 2.75) is 45.2 Å². The second kappa shape index (κ2) is 12.3. The first-order valence-corrected chi connectivity index (χ1v) is 12.9. The van der Waals surface area contributed by atoms with E-state index >= 15 is 0 Å². The number of fused-ring (bicyclic) bond motifs is 1. The SMILES string of the molecule is CCOC(=O)NN(C(=O)OCC)[C@]1(CCCc2ccccc2)C(=O)N(Cc2ccccc2)c2ccccc21. The van der Waals surface area contributed by atoms with E-state index in [-0.39, 0.29) is 25.5 Å². The molecule has 3 aromatic rings. The minimum Gasteiger partial charge on any atom is -0.449 e. The van der Waals surface area contributed by atoms with Crippen molar-refractivity contribution >= 4 is 23.8 Å². The Kier molecular flexibility index (Phi) is 8.63. The topological polar surface area (TPSA) is 88.2 Å². The maximum Gasteiger partial charge on any atom is 0.430 e. The first-order valence-electron chi connectivity index (χ1n) is 12.9. The fourth-order valence-corrected chi connectivity index (χ4v) is 4.93. The van der Waals surface area contributed by atoms with Crippen LogP contribution in [-0.4, -0.2) is 36.3 Å². The first-order chi connectivity index (χ1) is 18.5. The Balaban J connectivity index is 1.80. The van der Waals surface area contributed by atoms with Crippen LogP contribution in [0.3, 0.4) is 0 Å². The molecule has 8 nitrogen and oxygen atoms in total. The molecular weight excluding hydrogens is 482 g/mol. The Bertz CT molecular complexity index is 1250. The number of ether oxygens (including phenoxy) is 2. The van der Waals surface area contributed by atoms with E-state index in [0.29, 0.717) is 30.6 Å². The maximum absolute atomic E-state index is 14.5. The minimum atomic E-state index is -1.53. The van der Waals surface area contributed by atoms with Gasteiger partial charge in [0.1, 0.15) is 0 Å². The number of hydrogen-bond acceptors (Lipinski definition) is 5. The summed E-state index contributed by atoms with van der Waals surface area (Å²) >= 11 is 0. The smallest absolute Gasteiger partial charge is 0.430 e. The summed E-state index contributed by atoms with van der Waals surface area (Å²) in [5, 5.41) is 1.03. The van der Waals surface area contributed by atoms with Crippen LogP contribution >= 0.6 is 0 Å². The van der Waals surface area contributed by atoms with Crippen LogP contribution in [0.2, 0.25) is 0 Å². The molecule has 0 aromatic heterocycles. The van der Waals surface area contributed by atoms with Gasteiger partial charge in [0.05, 0.1) is 25.4 Å². The summed E-state index contributed by atoms with van der Waals surface area (Å²) in [6.45, 7) is 3.83. The number of nitrogens with zero attached hydrogens (tertiary/aromatic N) is 2. The van der Waals surface area contributed by atoms with E-state index in [1.165, 1.54) is 0 Å². The standard InChI is InChI=1S/C30H33N3O5/c1-3-37-28(35)31-33(29(36)38-4-2)30(21-13-18-23-14-7-5-8-15-23)25-19-11-12-20-26(25)32(27(30)34)22-24-16-9-6-10-17-24/h5-12,14-17,19-20H,3-4,13,18,21-22H2,1-2H3,(H,31,35)/t30-/m0/s1. The summed E-state index contributed by atoms with van der Waals surface area (Å²) < 4.78 is 10.4. The van der Waals surface area contributed by atoms with Gasteiger partial charge in [-0.3, -0.25) is 4.79 Å². The Morgan fingerprint density at radius 2 is 1.45 bits per heavy atom. The third-order valence-corrected chi connectivity index (χ3v) is 6.58. The molecule has 3 amide bonds. The largest absolute Gasteiger partial charge is 0.449 e. The Hall–Kier alpha value is -4.33. The van der Waals surface area contributed by atoms with E-state index in [4.69, 9.17) is 9.47 Å². The lowest BCUT2D eigenvalue weighted by Gasteiger charge is -2.38. The summed E-state index contributed by atoms with van der Waals surface area (Å²) in [5.74, 6) is -0.319. The average molecular weight is 516 g/mol. The zero-order valence-corrected chi connectivity index (χ0v) is 21.8. The van der Waals surface area contributed by atoms with Gasteiger partial charge < -0.3 is 14.4 Å². The third kappa shape index (κ3) is 5.49. The van der Waals surface area contributed by atoms with E-state index in [0.717, 1.165) is 16.1 Å². The van der Waals surface area contributed by atoms with E-state index in [1.54, 1.807) is 18.7 Å². The highest BCUT2D eigenvalue weighted by atomic mass is 16.6. The zero-order chi connectivity index (χ0) is 27.0. The number of carbonyl (C=O) groups excluding carboxylic acids is 3. The van der Waals surface area contributed by atoms with E-state index in [1.807, 2.05) is 84.9 Å². The lowest BCUT2D eigenvalue weighted by Crippen LogP contribution is -2.62. The van der Waals surface area contributed by atoms with Crippen molar-refractivity contribution in [2.24, 2.45) is 0 Å². The Labute approximate surface area is 223 Å². The number of aryl methyl sites for hydroxylation is 1. The molecule has 1 heterocycles. The Morgan fingerprint density at radius 1 is 0.842 bits per heavy atom. The van der Waals surface area contributed by atoms with Gasteiger partial charge in [0.2, 0.25) is 0 Å². The molecule has 1 N–H and O–H groups in total. The zero-order valence-electron chi connectivity index (χ0n) is 21.8. The number of benzene rings is 3. The van der Waals surface area contributed by atoms with Crippen LogP contribution in [0, 0.1) is 0 Å². The van der Waals surface area contributed by atoms with Gasteiger partial charge in [-0.2, -0.15) is 5.01 Å². The minimum absolute atomic E-state index is 0.0729. The summed E-state index contributed by atoms with van der Waals surface area (Å²) in [5.41, 5.74) is 4.37. The van der Waals surface area contributed by atoms with Crippen molar-refractivity contribution in [3.05, 3.63) is 102 Å². The second-order valence-electron chi connectivity index (χ2n) is 8.96. The molecule has 0 saturated heterocycles. The third-order valence-electron chi connectivity index (χ3n) is 6.58. The summed E-state index contributed by atoms with van der Waals surface area (Å²) in [6, 6.07) is 27.0. The van der Waals surface area contributed by atoms with Gasteiger partial charge in [0.15, 0.2) is 5.54 Å². The molecule has 38 heavy (non-hydrogen) atoms. The van der Waals surface area contributed by atoms with Crippen LogP contribution < -0.4 is 10.3 Å². The quantitative estimate of drug-likeness (QED) is 0.377. The van der Waals surface area contributed by atoms with E-state index in [2.05, 4.69) is 5.43 Å². The van der Waals surface area contributed by atoms with Crippen molar-refractivity contribution in [1.29, 1.82) is 0 Å². The number of hydrazine groups is 1. The molecular formula is C30H33N3O5. The van der Waals surface area contributed by atoms with Crippen LogP contribution in [0.1, 0.15) is 43.4 Å². The van der Waals surface area contributed by atoms with Gasteiger partial charge in [-0.25, -0.2) is 15.0 Å². The molecule has 8 heteroatoms. The number of rotatable bonds is 9. The Morgan fingerprint density at radius 3 is 2.11 bits per heavy atom. The van der Waals surface area contributed by atoms with E-state index < -0.39 is 17.7 Å². The molecule has 4 rings (SSSR count). The molecule has 0 aliphatic carbocycles. The number of hydrogen-bond donors (Lipinski definition) is 1. The molecule has 0 unspecified atom stereocenters. The normalized spacial score (nSPS) is 16.1. The van der Waals surface area contributed by atoms with Gasteiger partial charge in [-0.1, -0.05) is 78.9 Å². The van der Waals surface area contributed by atoms with Crippen LogP contribution in [0.4, 0.5) is 15.3 Å². The van der Waals surface area contributed by atoms with Crippen molar-refractivity contribution in [3.63, 3.8) is 0 Å². The number of amides is 3. The maximum atomic E-state index is 14.5. The lowest BCUT2D eigenvalue weighted by molar-refractivity contribution is -0.132. The molecule has 0 radical (unpaired) electrons. The molecule has 1 aliphatic rings. The van der Waals surface area contributed by atoms with Crippen LogP contribution in [0.25, 0.3) is 0 Å². The molecule has 0 saturated carbocycles. The number of anilines is 1. The molecule has 3 aromatic carbocycles. The highest BCUT2D eigenvalue weighted by Crippen LogP contribution is 2.47. The fourth-order valence-electron chi connectivity index (χ4n) is 4.93. The first kappa shape index (κ1) is 26.7. The van der Waals surface area contributed by atoms with Crippen molar-refractivity contribution < 1.29 is 23.9 Å². The van der Waals surface area contributed by atoms with Crippen LogP contribution in [0.15, 0.2) is 84.9 Å². The fraction of sp³-hybridized carbons (Fsp3) is 0.300. The number of para-hydroxylation sites is 1. The molecule has 1 atom stereocenters. The predicted molar refractivity (Wildman–Crippen MR) is 144 cm³/mol. The van der Waals surface area contributed by atoms with Gasteiger partial charge in [-0.15, -0.1) is 0 Å². The number of carbonyl (C=O) groups is 3. The van der Waals surface area contributed by atoms with Gasteiger partial charge in [-0.05, 0) is 50.3 Å². The number of nitrogens with one attached hydrogen (secondary N) is 1. The monoisotopic (exact) mass is 515 g/mol. The van der Waals surface area contributed by atoms with E-state index in [9.17, 15) is 14.4 Å². The summed E-state index contributed by atoms with van der Waals surface area (Å²) in [4.78, 5) is 42.2. The molecule has 0 spiro atoms. The van der Waals surface area contributed by atoms with Crippen molar-refractivity contribution in [2.75, 3.05) is 18.1 Å². The highest BCUT2D eigenvalue weighted by Gasteiger charge is 2.57. The van der Waals surface area contributed by atoms with Gasteiger partial charge >= 0.3 is 12.2 Å². The molecule has 1 aliphatic heterocycles. The lowest BCUT2D eigenvalue weighted by atomic mass is 9.84.